The minimum Gasteiger partial charge on any atom is -0.362 e. The van der Waals surface area contributed by atoms with Gasteiger partial charge in [-0.1, -0.05) is 24.3 Å². The van der Waals surface area contributed by atoms with Gasteiger partial charge in [0.05, 0.1) is 5.69 Å². The number of anilines is 1. The van der Waals surface area contributed by atoms with Gasteiger partial charge in [0.2, 0.25) is 0 Å². The lowest BCUT2D eigenvalue weighted by Gasteiger charge is -2.38. The molecule has 1 saturated carbocycles. The molecule has 0 radical (unpaired) electrons. The fraction of sp³-hybridized carbons (Fsp3) is 0.400. The van der Waals surface area contributed by atoms with E-state index in [4.69, 9.17) is 10.1 Å². The van der Waals surface area contributed by atoms with Crippen molar-refractivity contribution in [1.29, 1.82) is 0 Å². The summed E-state index contributed by atoms with van der Waals surface area (Å²) in [6.45, 7) is 4.22. The van der Waals surface area contributed by atoms with E-state index in [1.807, 2.05) is 22.8 Å². The van der Waals surface area contributed by atoms with Crippen LogP contribution in [0, 0.1) is 24.7 Å². The highest BCUT2D eigenvalue weighted by atomic mass is 32.1. The standard InChI is InChI=1S/C25H25F2N5S/c1-15-11-23(33-30-15)31-13-18-8-9-19(14-31)21(18)12-22-28-25-20(3-2-10-32(25)29-22)16-4-6-17(7-5-16)24(26)27/h2-7,10-11,18-19,21,24H,8-9,12-14H2,1H3/t18-,19+,21?. The van der Waals surface area contributed by atoms with Gasteiger partial charge < -0.3 is 4.90 Å². The molecule has 33 heavy (non-hydrogen) atoms. The molecule has 2 aliphatic rings. The first-order chi connectivity index (χ1) is 16.0. The molecule has 0 N–H and O–H groups in total. The lowest BCUT2D eigenvalue weighted by Crippen LogP contribution is -2.42. The first-order valence-electron chi connectivity index (χ1n) is 11.5. The summed E-state index contributed by atoms with van der Waals surface area (Å²) in [6.07, 6.45) is 2.86. The molecule has 3 atom stereocenters. The van der Waals surface area contributed by atoms with E-state index >= 15 is 0 Å². The van der Waals surface area contributed by atoms with Crippen LogP contribution in [0.15, 0.2) is 48.7 Å². The van der Waals surface area contributed by atoms with E-state index in [1.54, 1.807) is 23.7 Å². The van der Waals surface area contributed by atoms with E-state index < -0.39 is 6.43 Å². The topological polar surface area (TPSA) is 46.3 Å². The molecular weight excluding hydrogens is 440 g/mol. The van der Waals surface area contributed by atoms with E-state index in [1.165, 1.54) is 30.0 Å². The summed E-state index contributed by atoms with van der Waals surface area (Å²) in [5.74, 6) is 2.77. The van der Waals surface area contributed by atoms with Crippen molar-refractivity contribution in [2.24, 2.45) is 17.8 Å². The number of alkyl halides is 2. The van der Waals surface area contributed by atoms with Gasteiger partial charge in [-0.2, -0.15) is 9.47 Å². The van der Waals surface area contributed by atoms with Crippen molar-refractivity contribution in [2.75, 3.05) is 18.0 Å². The molecule has 1 unspecified atom stereocenters. The molecule has 3 aromatic heterocycles. The second kappa shape index (κ2) is 8.17. The Hall–Kier alpha value is -2.87. The van der Waals surface area contributed by atoms with Crippen molar-refractivity contribution < 1.29 is 8.78 Å². The van der Waals surface area contributed by atoms with Gasteiger partial charge in [0, 0.05) is 36.8 Å². The average molecular weight is 466 g/mol. The first kappa shape index (κ1) is 20.7. The Kier molecular flexibility index (Phi) is 5.13. The van der Waals surface area contributed by atoms with Crippen LogP contribution in [-0.4, -0.2) is 32.1 Å². The van der Waals surface area contributed by atoms with Crippen LogP contribution in [0.2, 0.25) is 0 Å². The quantitative estimate of drug-likeness (QED) is 0.374. The maximum Gasteiger partial charge on any atom is 0.263 e. The van der Waals surface area contributed by atoms with Crippen LogP contribution in [0.4, 0.5) is 13.8 Å². The van der Waals surface area contributed by atoms with Crippen LogP contribution in [0.1, 0.15) is 36.3 Å². The summed E-state index contributed by atoms with van der Waals surface area (Å²) < 4.78 is 32.2. The number of piperidine rings is 1. The Labute approximate surface area is 195 Å². The van der Waals surface area contributed by atoms with Gasteiger partial charge >= 0.3 is 0 Å². The zero-order valence-corrected chi connectivity index (χ0v) is 19.2. The van der Waals surface area contributed by atoms with Gasteiger partial charge in [-0.25, -0.2) is 18.3 Å². The molecule has 1 aliphatic heterocycles. The number of hydrogen-bond donors (Lipinski definition) is 0. The normalized spacial score (nSPS) is 22.5. The van der Waals surface area contributed by atoms with Crippen molar-refractivity contribution in [3.63, 3.8) is 0 Å². The largest absolute Gasteiger partial charge is 0.362 e. The van der Waals surface area contributed by atoms with Crippen LogP contribution < -0.4 is 4.90 Å². The monoisotopic (exact) mass is 465 g/mol. The van der Waals surface area contributed by atoms with E-state index in [-0.39, 0.29) is 5.56 Å². The average Bonchev–Trinajstić information content (AvgIpc) is 3.49. The number of aryl methyl sites for hydroxylation is 1. The summed E-state index contributed by atoms with van der Waals surface area (Å²) in [6, 6.07) is 12.5. The third-order valence-corrected chi connectivity index (χ3v) is 8.20. The zero-order valence-electron chi connectivity index (χ0n) is 18.4. The smallest absolute Gasteiger partial charge is 0.263 e. The highest BCUT2D eigenvalue weighted by Crippen LogP contribution is 2.45. The molecule has 1 aromatic carbocycles. The summed E-state index contributed by atoms with van der Waals surface area (Å²) in [5, 5.41) is 6.07. The summed E-state index contributed by atoms with van der Waals surface area (Å²) in [4.78, 5) is 7.42. The predicted molar refractivity (Wildman–Crippen MR) is 126 cm³/mol. The SMILES string of the molecule is Cc1cc(N2C[C@H]3CC[C@@H](C2)C3Cc2nc3c(-c4ccc(C(F)F)cc4)cccn3n2)sn1. The van der Waals surface area contributed by atoms with Crippen molar-refractivity contribution in [2.45, 2.75) is 32.6 Å². The van der Waals surface area contributed by atoms with Gasteiger partial charge in [-0.15, -0.1) is 0 Å². The minimum atomic E-state index is -2.46. The van der Waals surface area contributed by atoms with Crippen molar-refractivity contribution >= 4 is 22.2 Å². The van der Waals surface area contributed by atoms with Crippen molar-refractivity contribution in [3.8, 4) is 11.1 Å². The van der Waals surface area contributed by atoms with E-state index in [9.17, 15) is 8.78 Å². The van der Waals surface area contributed by atoms with Crippen LogP contribution in [0.25, 0.3) is 16.8 Å². The van der Waals surface area contributed by atoms with Crippen molar-refractivity contribution in [3.05, 3.63) is 65.7 Å². The Balaban J connectivity index is 1.24. The number of fused-ring (bicyclic) bond motifs is 3. The molecule has 170 valence electrons. The fourth-order valence-electron chi connectivity index (χ4n) is 5.63. The maximum absolute atomic E-state index is 12.9. The zero-order chi connectivity index (χ0) is 22.5. The second-order valence-corrected chi connectivity index (χ2v) is 10.1. The van der Waals surface area contributed by atoms with Crippen molar-refractivity contribution in [1.82, 2.24) is 19.0 Å². The third-order valence-electron chi connectivity index (χ3n) is 7.25. The van der Waals surface area contributed by atoms with E-state index in [2.05, 4.69) is 22.3 Å². The van der Waals surface area contributed by atoms with Gasteiger partial charge in [0.1, 0.15) is 5.00 Å². The van der Waals surface area contributed by atoms with Gasteiger partial charge in [-0.05, 0) is 72.8 Å². The molecule has 2 fully saturated rings. The number of nitrogens with zero attached hydrogens (tertiary/aromatic N) is 5. The number of benzene rings is 1. The molecule has 1 aliphatic carbocycles. The maximum atomic E-state index is 12.9. The molecule has 1 saturated heterocycles. The highest BCUT2D eigenvalue weighted by molar-refractivity contribution is 7.10. The Morgan fingerprint density at radius 2 is 1.85 bits per heavy atom. The fourth-order valence-corrected chi connectivity index (χ4v) is 6.41. The molecule has 0 amide bonds. The lowest BCUT2D eigenvalue weighted by molar-refractivity contribution is 0.151. The molecular formula is C25H25F2N5S. The summed E-state index contributed by atoms with van der Waals surface area (Å²) >= 11 is 1.60. The Morgan fingerprint density at radius 3 is 2.52 bits per heavy atom. The molecule has 4 heterocycles. The Morgan fingerprint density at radius 1 is 1.09 bits per heavy atom. The number of pyridine rings is 1. The van der Waals surface area contributed by atoms with Gasteiger partial charge in [-0.3, -0.25) is 0 Å². The van der Waals surface area contributed by atoms with Gasteiger partial charge in [0.25, 0.3) is 6.43 Å². The predicted octanol–water partition coefficient (Wildman–Crippen LogP) is 5.80. The molecule has 4 aromatic rings. The summed E-state index contributed by atoms with van der Waals surface area (Å²) in [5.41, 5.74) is 3.69. The van der Waals surface area contributed by atoms with Crippen LogP contribution in [-0.2, 0) is 6.42 Å². The van der Waals surface area contributed by atoms with Gasteiger partial charge in [0.15, 0.2) is 11.5 Å². The number of halogens is 2. The lowest BCUT2D eigenvalue weighted by atomic mass is 9.82. The Bertz CT molecular complexity index is 1270. The molecule has 5 nitrogen and oxygen atoms in total. The van der Waals surface area contributed by atoms with Crippen LogP contribution in [0.5, 0.6) is 0 Å². The third kappa shape index (κ3) is 3.80. The van der Waals surface area contributed by atoms with E-state index in [0.717, 1.165) is 47.8 Å². The molecule has 0 spiro atoms. The second-order valence-electron chi connectivity index (χ2n) is 9.32. The number of aromatic nitrogens is 4. The number of hydrogen-bond acceptors (Lipinski definition) is 5. The molecule has 6 rings (SSSR count). The first-order valence-corrected chi connectivity index (χ1v) is 12.2. The molecule has 8 heteroatoms. The minimum absolute atomic E-state index is 0.0307. The molecule has 2 bridgehead atoms. The van der Waals surface area contributed by atoms with Crippen LogP contribution >= 0.6 is 11.5 Å². The highest BCUT2D eigenvalue weighted by Gasteiger charge is 2.42. The van der Waals surface area contributed by atoms with Crippen LogP contribution in [0.3, 0.4) is 0 Å². The summed E-state index contributed by atoms with van der Waals surface area (Å²) in [7, 11) is 0. The van der Waals surface area contributed by atoms with E-state index in [0.29, 0.717) is 17.8 Å². The number of rotatable bonds is 5.